The van der Waals surface area contributed by atoms with Crippen molar-refractivity contribution in [3.8, 4) is 17.4 Å². The van der Waals surface area contributed by atoms with Crippen LogP contribution in [0.2, 0.25) is 0 Å². The van der Waals surface area contributed by atoms with Gasteiger partial charge >= 0.3 is 0 Å². The van der Waals surface area contributed by atoms with Crippen LogP contribution in [0, 0.1) is 0 Å². The quantitative estimate of drug-likeness (QED) is 0.934. The second-order valence-electron chi connectivity index (χ2n) is 5.66. The average molecular weight is 316 g/mol. The van der Waals surface area contributed by atoms with Crippen molar-refractivity contribution >= 4 is 11.6 Å². The Kier molecular flexibility index (Phi) is 3.33. The van der Waals surface area contributed by atoms with Crippen molar-refractivity contribution in [3.05, 3.63) is 30.5 Å². The van der Waals surface area contributed by atoms with Crippen LogP contribution in [-0.4, -0.2) is 23.5 Å². The van der Waals surface area contributed by atoms with Crippen molar-refractivity contribution in [2.24, 2.45) is 0 Å². The topological polar surface area (TPSA) is 82.8 Å². The van der Waals surface area contributed by atoms with Crippen LogP contribution in [-0.2, 0) is 4.79 Å². The number of hydrogen-bond acceptors (Lipinski definition) is 6. The highest BCUT2D eigenvalue weighted by Crippen LogP contribution is 2.47. The van der Waals surface area contributed by atoms with E-state index in [0.717, 1.165) is 31.4 Å². The normalized spacial score (nSPS) is 17.4. The molecule has 1 aromatic heterocycles. The zero-order valence-electron chi connectivity index (χ0n) is 12.4. The summed E-state index contributed by atoms with van der Waals surface area (Å²) in [5, 5.41) is 6.32. The van der Waals surface area contributed by atoms with E-state index in [1.807, 2.05) is 6.07 Å². The standard InChI is InChI=1S/C16H16N2O5/c19-14(10-20-15-5-8-21-18-15)17-11-3-4-12-13(9-11)23-16(22-12)6-1-2-7-16/h3-5,8-9H,1-2,6-7,10H2,(H,17,19). The summed E-state index contributed by atoms with van der Waals surface area (Å²) in [5.41, 5.74) is 0.635. The maximum Gasteiger partial charge on any atom is 0.262 e. The minimum atomic E-state index is -0.499. The molecule has 2 aromatic rings. The Morgan fingerprint density at radius 2 is 2.04 bits per heavy atom. The monoisotopic (exact) mass is 316 g/mol. The van der Waals surface area contributed by atoms with E-state index in [1.165, 1.54) is 12.3 Å². The third-order valence-electron chi connectivity index (χ3n) is 3.95. The molecule has 1 fully saturated rings. The molecule has 2 aliphatic rings. The molecule has 0 bridgehead atoms. The van der Waals surface area contributed by atoms with Gasteiger partial charge in [-0.2, -0.15) is 0 Å². The first-order valence-corrected chi connectivity index (χ1v) is 7.58. The van der Waals surface area contributed by atoms with Crippen LogP contribution in [0.15, 0.2) is 35.1 Å². The number of carbonyl (C=O) groups excluding carboxylic acids is 1. The number of benzene rings is 1. The number of fused-ring (bicyclic) bond motifs is 1. The van der Waals surface area contributed by atoms with Gasteiger partial charge in [0.1, 0.15) is 6.26 Å². The summed E-state index contributed by atoms with van der Waals surface area (Å²) in [6.07, 6.45) is 5.39. The fourth-order valence-corrected chi connectivity index (χ4v) is 2.90. The molecule has 1 aliphatic heterocycles. The van der Waals surface area contributed by atoms with Gasteiger partial charge in [0.15, 0.2) is 18.1 Å². The van der Waals surface area contributed by atoms with Gasteiger partial charge in [-0.25, -0.2) is 0 Å². The third-order valence-corrected chi connectivity index (χ3v) is 3.95. The van der Waals surface area contributed by atoms with Crippen molar-refractivity contribution in [2.45, 2.75) is 31.5 Å². The second-order valence-corrected chi connectivity index (χ2v) is 5.66. The predicted molar refractivity (Wildman–Crippen MR) is 79.5 cm³/mol. The Balaban J connectivity index is 1.38. The molecule has 0 saturated heterocycles. The molecule has 1 amide bonds. The maximum atomic E-state index is 11.9. The molecule has 1 spiro atoms. The molecule has 1 aromatic carbocycles. The summed E-state index contributed by atoms with van der Waals surface area (Å²) in [7, 11) is 0. The number of carbonyl (C=O) groups is 1. The smallest absolute Gasteiger partial charge is 0.262 e. The van der Waals surface area contributed by atoms with Gasteiger partial charge in [0, 0.05) is 30.7 Å². The fraction of sp³-hybridized carbons (Fsp3) is 0.375. The summed E-state index contributed by atoms with van der Waals surface area (Å²) in [6, 6.07) is 6.91. The lowest BCUT2D eigenvalue weighted by Gasteiger charge is -2.21. The van der Waals surface area contributed by atoms with Crippen molar-refractivity contribution in [2.75, 3.05) is 11.9 Å². The highest BCUT2D eigenvalue weighted by molar-refractivity contribution is 5.92. The van der Waals surface area contributed by atoms with Crippen LogP contribution in [0.3, 0.4) is 0 Å². The highest BCUT2D eigenvalue weighted by atomic mass is 16.7. The summed E-state index contributed by atoms with van der Waals surface area (Å²) in [5.74, 6) is 0.878. The number of aromatic nitrogens is 1. The first kappa shape index (κ1) is 13.9. The van der Waals surface area contributed by atoms with Crippen LogP contribution in [0.5, 0.6) is 17.4 Å². The van der Waals surface area contributed by atoms with Crippen molar-refractivity contribution < 1.29 is 23.5 Å². The Morgan fingerprint density at radius 1 is 1.22 bits per heavy atom. The minimum absolute atomic E-state index is 0.148. The molecule has 7 nitrogen and oxygen atoms in total. The van der Waals surface area contributed by atoms with Crippen LogP contribution in [0.25, 0.3) is 0 Å². The number of anilines is 1. The number of ether oxygens (including phenoxy) is 3. The van der Waals surface area contributed by atoms with Crippen LogP contribution in [0.1, 0.15) is 25.7 Å². The molecule has 4 rings (SSSR count). The molecule has 1 N–H and O–H groups in total. The van der Waals surface area contributed by atoms with Crippen LogP contribution in [0.4, 0.5) is 5.69 Å². The molecule has 1 saturated carbocycles. The van der Waals surface area contributed by atoms with Gasteiger partial charge in [-0.3, -0.25) is 4.79 Å². The number of amides is 1. The number of nitrogens with zero attached hydrogens (tertiary/aromatic N) is 1. The summed E-state index contributed by atoms with van der Waals surface area (Å²) in [4.78, 5) is 11.9. The Morgan fingerprint density at radius 3 is 2.83 bits per heavy atom. The molecule has 23 heavy (non-hydrogen) atoms. The summed E-state index contributed by atoms with van der Waals surface area (Å²) < 4.78 is 21.7. The molecule has 0 radical (unpaired) electrons. The SMILES string of the molecule is O=C(COc1ccon1)Nc1ccc2c(c1)OC1(CCCC1)O2. The van der Waals surface area contributed by atoms with Crippen LogP contribution >= 0.6 is 0 Å². The van der Waals surface area contributed by atoms with E-state index in [2.05, 4.69) is 15.0 Å². The molecule has 1 aliphatic carbocycles. The lowest BCUT2D eigenvalue weighted by Crippen LogP contribution is -2.34. The van der Waals surface area contributed by atoms with Crippen molar-refractivity contribution in [3.63, 3.8) is 0 Å². The minimum Gasteiger partial charge on any atom is -0.465 e. The zero-order chi connectivity index (χ0) is 15.7. The molecular formula is C16H16N2O5. The van der Waals surface area contributed by atoms with Gasteiger partial charge in [-0.15, -0.1) is 0 Å². The molecule has 2 heterocycles. The molecular weight excluding hydrogens is 300 g/mol. The lowest BCUT2D eigenvalue weighted by atomic mass is 10.2. The molecule has 0 unspecified atom stereocenters. The van der Waals surface area contributed by atoms with Gasteiger partial charge in [0.2, 0.25) is 0 Å². The van der Waals surface area contributed by atoms with E-state index < -0.39 is 5.79 Å². The van der Waals surface area contributed by atoms with Gasteiger partial charge in [-0.1, -0.05) is 0 Å². The molecule has 7 heteroatoms. The number of nitrogens with one attached hydrogen (secondary N) is 1. The largest absolute Gasteiger partial charge is 0.465 e. The Labute approximate surface area is 132 Å². The van der Waals surface area contributed by atoms with Crippen LogP contribution < -0.4 is 19.5 Å². The van der Waals surface area contributed by atoms with E-state index in [9.17, 15) is 4.79 Å². The van der Waals surface area contributed by atoms with E-state index in [0.29, 0.717) is 11.4 Å². The predicted octanol–water partition coefficient (Wildman–Crippen LogP) is 2.73. The number of hydrogen-bond donors (Lipinski definition) is 1. The van der Waals surface area contributed by atoms with Gasteiger partial charge in [0.25, 0.3) is 17.6 Å². The van der Waals surface area contributed by atoms with Gasteiger partial charge in [-0.05, 0) is 30.1 Å². The first-order chi connectivity index (χ1) is 11.2. The first-order valence-electron chi connectivity index (χ1n) is 7.58. The Bertz CT molecular complexity index is 707. The van der Waals surface area contributed by atoms with Gasteiger partial charge in [0.05, 0.1) is 0 Å². The van der Waals surface area contributed by atoms with Gasteiger partial charge < -0.3 is 24.1 Å². The maximum absolute atomic E-state index is 11.9. The molecule has 120 valence electrons. The Hall–Kier alpha value is -2.70. The van der Waals surface area contributed by atoms with E-state index in [4.69, 9.17) is 14.2 Å². The zero-order valence-corrected chi connectivity index (χ0v) is 12.4. The average Bonchev–Trinajstić information content (AvgIpc) is 3.26. The lowest BCUT2D eigenvalue weighted by molar-refractivity contribution is -0.118. The third kappa shape index (κ3) is 2.81. The summed E-state index contributed by atoms with van der Waals surface area (Å²) >= 11 is 0. The van der Waals surface area contributed by atoms with E-state index in [1.54, 1.807) is 12.1 Å². The van der Waals surface area contributed by atoms with Crippen molar-refractivity contribution in [1.82, 2.24) is 5.16 Å². The second kappa shape index (κ2) is 5.49. The number of rotatable bonds is 4. The van der Waals surface area contributed by atoms with Crippen molar-refractivity contribution in [1.29, 1.82) is 0 Å². The highest BCUT2D eigenvalue weighted by Gasteiger charge is 2.44. The van der Waals surface area contributed by atoms with E-state index in [-0.39, 0.29) is 18.4 Å². The summed E-state index contributed by atoms with van der Waals surface area (Å²) in [6.45, 7) is -0.148. The molecule has 0 atom stereocenters. The van der Waals surface area contributed by atoms with E-state index >= 15 is 0 Å². The fourth-order valence-electron chi connectivity index (χ4n) is 2.90.